The van der Waals surface area contributed by atoms with Gasteiger partial charge in [-0.1, -0.05) is 31.9 Å². The molecule has 0 aliphatic carbocycles. The molecule has 0 saturated carbocycles. The van der Waals surface area contributed by atoms with Gasteiger partial charge in [-0.15, -0.1) is 0 Å². The monoisotopic (exact) mass is 448 g/mol. The van der Waals surface area contributed by atoms with Crippen molar-refractivity contribution in [2.24, 2.45) is 0 Å². The van der Waals surface area contributed by atoms with E-state index in [-0.39, 0.29) is 11.4 Å². The fourth-order valence-electron chi connectivity index (χ4n) is 6.01. The Bertz CT molecular complexity index is 1190. The molecule has 33 heavy (non-hydrogen) atoms. The molecule has 2 aromatic carbocycles. The molecule has 1 aromatic heterocycles. The van der Waals surface area contributed by atoms with Crippen LogP contribution in [0.15, 0.2) is 53.5 Å². The third-order valence-corrected chi connectivity index (χ3v) is 7.82. The maximum atomic E-state index is 15.6. The Balaban J connectivity index is 1.47. The van der Waals surface area contributed by atoms with Gasteiger partial charge in [-0.25, -0.2) is 4.39 Å². The normalized spacial score (nSPS) is 20.0. The summed E-state index contributed by atoms with van der Waals surface area (Å²) in [5.74, 6) is -0.195. The van der Waals surface area contributed by atoms with Crippen LogP contribution < -0.4 is 15.4 Å². The first-order valence-corrected chi connectivity index (χ1v) is 12.6. The summed E-state index contributed by atoms with van der Waals surface area (Å²) in [6.07, 6.45) is 9.79. The summed E-state index contributed by atoms with van der Waals surface area (Å²) in [4.78, 5) is 13.3. The van der Waals surface area contributed by atoms with Crippen LogP contribution in [-0.4, -0.2) is 36.8 Å². The predicted octanol–water partition coefficient (Wildman–Crippen LogP) is 5.33. The lowest BCUT2D eigenvalue weighted by molar-refractivity contribution is 0.249. The fourth-order valence-corrected chi connectivity index (χ4v) is 6.01. The number of pyridine rings is 1. The highest BCUT2D eigenvalue weighted by atomic mass is 19.1. The number of rotatable bonds is 7. The van der Waals surface area contributed by atoms with E-state index in [0.717, 1.165) is 67.4 Å². The van der Waals surface area contributed by atoms with Crippen molar-refractivity contribution in [3.05, 3.63) is 70.4 Å². The number of hydrogen-bond donors (Lipinski definition) is 1. The molecule has 5 rings (SSSR count). The molecule has 174 valence electrons. The van der Waals surface area contributed by atoms with E-state index in [1.807, 2.05) is 24.3 Å². The van der Waals surface area contributed by atoms with Crippen LogP contribution in [0.4, 0.5) is 10.1 Å². The van der Waals surface area contributed by atoms with Gasteiger partial charge in [-0.2, -0.15) is 0 Å². The molecule has 5 heteroatoms. The van der Waals surface area contributed by atoms with Crippen LogP contribution in [0.5, 0.6) is 0 Å². The highest BCUT2D eigenvalue weighted by Crippen LogP contribution is 2.37. The number of hydrogen-bond acceptors (Lipinski definition) is 2. The van der Waals surface area contributed by atoms with Crippen molar-refractivity contribution in [2.45, 2.75) is 57.9 Å². The van der Waals surface area contributed by atoms with E-state index in [2.05, 4.69) is 24.4 Å². The molecule has 0 unspecified atom stereocenters. The largest absolute Gasteiger partial charge is 0.311 e. The summed E-state index contributed by atoms with van der Waals surface area (Å²) in [5, 5.41) is 5.10. The number of aryl methyl sites for hydroxylation is 1. The molecular weight excluding hydrogens is 413 g/mol. The Labute approximate surface area is 195 Å². The summed E-state index contributed by atoms with van der Waals surface area (Å²) in [6.45, 7) is 6.16. The third kappa shape index (κ3) is 4.13. The van der Waals surface area contributed by atoms with Crippen LogP contribution in [0, 0.1) is 5.82 Å². The van der Waals surface area contributed by atoms with Crippen LogP contribution in [-0.2, 0) is 6.42 Å². The van der Waals surface area contributed by atoms with Gasteiger partial charge in [0.25, 0.3) is 5.56 Å². The molecule has 2 aliphatic rings. The van der Waals surface area contributed by atoms with E-state index in [1.54, 1.807) is 16.8 Å². The average molecular weight is 449 g/mol. The summed E-state index contributed by atoms with van der Waals surface area (Å²) in [5.41, 5.74) is 2.56. The first-order chi connectivity index (χ1) is 16.1. The molecule has 0 spiro atoms. The Morgan fingerprint density at radius 1 is 1.09 bits per heavy atom. The van der Waals surface area contributed by atoms with E-state index in [9.17, 15) is 4.79 Å². The van der Waals surface area contributed by atoms with Crippen molar-refractivity contribution < 1.29 is 4.39 Å². The molecule has 0 bridgehead atoms. The van der Waals surface area contributed by atoms with E-state index in [1.165, 1.54) is 24.8 Å². The minimum Gasteiger partial charge on any atom is -0.311 e. The third-order valence-electron chi connectivity index (χ3n) is 7.82. The number of quaternary nitrogens is 1. The zero-order valence-electron chi connectivity index (χ0n) is 19.7. The first-order valence-electron chi connectivity index (χ1n) is 12.6. The Morgan fingerprint density at radius 2 is 1.94 bits per heavy atom. The molecule has 2 fully saturated rings. The van der Waals surface area contributed by atoms with Crippen molar-refractivity contribution in [2.75, 3.05) is 26.2 Å². The zero-order valence-corrected chi connectivity index (χ0v) is 19.7. The molecule has 2 saturated heterocycles. The lowest BCUT2D eigenvalue weighted by atomic mass is 10.0. The van der Waals surface area contributed by atoms with Gasteiger partial charge in [0.05, 0.1) is 18.8 Å². The highest BCUT2D eigenvalue weighted by Gasteiger charge is 2.44. The van der Waals surface area contributed by atoms with Crippen molar-refractivity contribution in [1.82, 2.24) is 14.4 Å². The number of unbranched alkanes of at least 4 members (excludes halogenated alkanes) is 2. The Morgan fingerprint density at radius 3 is 2.67 bits per heavy atom. The van der Waals surface area contributed by atoms with Crippen molar-refractivity contribution in [3.8, 4) is 5.69 Å². The highest BCUT2D eigenvalue weighted by molar-refractivity contribution is 5.82. The average Bonchev–Trinajstić information content (AvgIpc) is 3.53. The van der Waals surface area contributed by atoms with Crippen LogP contribution >= 0.6 is 0 Å². The topological polar surface area (TPSA) is 34.0 Å². The van der Waals surface area contributed by atoms with Crippen molar-refractivity contribution in [3.63, 3.8) is 0 Å². The van der Waals surface area contributed by atoms with Gasteiger partial charge < -0.3 is 5.32 Å². The van der Waals surface area contributed by atoms with Crippen molar-refractivity contribution >= 4 is 16.5 Å². The zero-order chi connectivity index (χ0) is 22.8. The van der Waals surface area contributed by atoms with Crippen LogP contribution in [0.2, 0.25) is 0 Å². The van der Waals surface area contributed by atoms with E-state index >= 15 is 4.39 Å². The second kappa shape index (κ2) is 9.40. The van der Waals surface area contributed by atoms with Gasteiger partial charge in [0.15, 0.2) is 11.5 Å². The van der Waals surface area contributed by atoms with Crippen molar-refractivity contribution in [1.29, 1.82) is 0 Å². The minimum absolute atomic E-state index is 0.0928. The van der Waals surface area contributed by atoms with Gasteiger partial charge in [0, 0.05) is 56.1 Å². The number of nitrogens with one attached hydrogen (secondary N) is 1. The Kier molecular flexibility index (Phi) is 6.35. The summed E-state index contributed by atoms with van der Waals surface area (Å²) in [6, 6.07) is 13.9. The first kappa shape index (κ1) is 22.3. The molecule has 1 atom stereocenters. The standard InChI is InChI=1S/C28H35FN3O/c1-2-3-4-7-21-8-10-25-22(18-21)13-15-31(28(25)33)23-9-11-27(26(29)19-23)32(16-5-6-17-32)24-12-14-30-20-24/h8-11,13,15,18-19,24,30H,2-7,12,14,16-17,20H2,1H3/q+1/t24-/m1/s1. The SMILES string of the molecule is CCCCCc1ccc2c(=O)n(-c3ccc([N+]4([C@@H]5CCNC5)CCCC4)c(F)c3)ccc2c1. The van der Waals surface area contributed by atoms with Crippen LogP contribution in [0.3, 0.4) is 0 Å². The van der Waals surface area contributed by atoms with E-state index in [0.29, 0.717) is 17.1 Å². The number of benzene rings is 2. The number of halogens is 1. The number of aromatic nitrogens is 1. The van der Waals surface area contributed by atoms with E-state index in [4.69, 9.17) is 0 Å². The molecule has 1 N–H and O–H groups in total. The Hall–Kier alpha value is -2.50. The van der Waals surface area contributed by atoms with Crippen LogP contribution in [0.1, 0.15) is 51.0 Å². The summed E-state index contributed by atoms with van der Waals surface area (Å²) in [7, 11) is 0. The van der Waals surface area contributed by atoms with Gasteiger partial charge in [0.2, 0.25) is 0 Å². The maximum absolute atomic E-state index is 15.6. The van der Waals surface area contributed by atoms with Gasteiger partial charge in [-0.3, -0.25) is 13.8 Å². The smallest absolute Gasteiger partial charge is 0.262 e. The van der Waals surface area contributed by atoms with Gasteiger partial charge in [0.1, 0.15) is 6.04 Å². The van der Waals surface area contributed by atoms with Gasteiger partial charge in [-0.05, 0) is 42.0 Å². The fraction of sp³-hybridized carbons (Fsp3) is 0.464. The lowest BCUT2D eigenvalue weighted by Crippen LogP contribution is -2.56. The maximum Gasteiger partial charge on any atom is 0.262 e. The predicted molar refractivity (Wildman–Crippen MR) is 135 cm³/mol. The molecule has 2 aliphatic heterocycles. The second-order valence-corrected chi connectivity index (χ2v) is 9.84. The van der Waals surface area contributed by atoms with Crippen LogP contribution in [0.25, 0.3) is 16.5 Å². The quantitative estimate of drug-likeness (QED) is 0.392. The van der Waals surface area contributed by atoms with E-state index < -0.39 is 0 Å². The van der Waals surface area contributed by atoms with Gasteiger partial charge >= 0.3 is 0 Å². The summed E-state index contributed by atoms with van der Waals surface area (Å²) < 4.78 is 17.9. The molecular formula is C28H35FN3O+. The number of likely N-dealkylation sites (tertiary alicyclic amines) is 1. The number of fused-ring (bicyclic) bond motifs is 1. The molecule has 4 nitrogen and oxygen atoms in total. The number of nitrogens with zero attached hydrogens (tertiary/aromatic N) is 2. The molecule has 0 radical (unpaired) electrons. The second-order valence-electron chi connectivity index (χ2n) is 9.84. The molecule has 3 aromatic rings. The molecule has 0 amide bonds. The minimum atomic E-state index is -0.195. The lowest BCUT2D eigenvalue weighted by Gasteiger charge is -2.39. The molecule has 3 heterocycles. The summed E-state index contributed by atoms with van der Waals surface area (Å²) >= 11 is 0.